The molecule has 0 fully saturated rings. The number of carboxylic acid groups (broad SMARTS) is 1. The first-order valence-electron chi connectivity index (χ1n) is 4.59. The van der Waals surface area contributed by atoms with E-state index < -0.39 is 27.7 Å². The molecule has 88 valence electrons. The molecule has 0 aliphatic carbocycles. The molecule has 1 aromatic heterocycles. The predicted octanol–water partition coefficient (Wildman–Crippen LogP) is -0.0107. The van der Waals surface area contributed by atoms with Crippen molar-refractivity contribution in [2.75, 3.05) is 0 Å². The molecule has 0 spiro atoms. The average Bonchev–Trinajstić information content (AvgIpc) is 2.41. The number of hydrogen-bond acceptors (Lipinski definition) is 5. The maximum absolute atomic E-state index is 10.9. The fourth-order valence-electron chi connectivity index (χ4n) is 1.42. The van der Waals surface area contributed by atoms with Gasteiger partial charge in [-0.2, -0.15) is 5.10 Å². The number of carboxylic acids is 1. The summed E-state index contributed by atoms with van der Waals surface area (Å²) in [7, 11) is 1.34. The van der Waals surface area contributed by atoms with Crippen LogP contribution in [0.25, 0.3) is 0 Å². The summed E-state index contributed by atoms with van der Waals surface area (Å²) in [4.78, 5) is 20.9. The van der Waals surface area contributed by atoms with Gasteiger partial charge in [0.15, 0.2) is 5.69 Å². The van der Waals surface area contributed by atoms with Crippen LogP contribution in [0.1, 0.15) is 37.0 Å². The number of rotatable bonds is 2. The lowest BCUT2D eigenvalue weighted by Crippen LogP contribution is -2.26. The number of hydrogen-bond donors (Lipinski definition) is 0. The van der Waals surface area contributed by atoms with Gasteiger partial charge >= 0.3 is 5.69 Å². The van der Waals surface area contributed by atoms with Crippen LogP contribution in [-0.2, 0) is 12.5 Å². The van der Waals surface area contributed by atoms with Gasteiger partial charge in [0.2, 0.25) is 0 Å². The third-order valence-corrected chi connectivity index (χ3v) is 2.11. The van der Waals surface area contributed by atoms with Gasteiger partial charge in [0, 0.05) is 12.5 Å². The maximum atomic E-state index is 10.9. The van der Waals surface area contributed by atoms with Crippen molar-refractivity contribution in [3.05, 3.63) is 21.5 Å². The zero-order chi connectivity index (χ0) is 12.7. The quantitative estimate of drug-likeness (QED) is 0.521. The smallest absolute Gasteiger partial charge is 0.319 e. The molecule has 0 radical (unpaired) electrons. The summed E-state index contributed by atoms with van der Waals surface area (Å²) in [5, 5.41) is 25.6. The van der Waals surface area contributed by atoms with Gasteiger partial charge in [0.25, 0.3) is 0 Å². The van der Waals surface area contributed by atoms with Crippen molar-refractivity contribution >= 4 is 11.7 Å². The molecular formula is C9H12N3O4-. The standard InChI is InChI=1S/C9H13N3O4/c1-9(2,3)7-5(12(15)16)6(8(13)14)11(4)10-7/h1-4H3,(H,13,14)/p-1. The lowest BCUT2D eigenvalue weighted by Gasteiger charge is -2.13. The molecule has 0 aliphatic rings. The van der Waals surface area contributed by atoms with Crippen molar-refractivity contribution in [3.8, 4) is 0 Å². The highest BCUT2D eigenvalue weighted by Crippen LogP contribution is 2.32. The van der Waals surface area contributed by atoms with E-state index in [1.165, 1.54) is 7.05 Å². The van der Waals surface area contributed by atoms with Crippen LogP contribution in [-0.4, -0.2) is 20.7 Å². The van der Waals surface area contributed by atoms with E-state index >= 15 is 0 Å². The summed E-state index contributed by atoms with van der Waals surface area (Å²) in [5.74, 6) is -1.60. The monoisotopic (exact) mass is 226 g/mol. The highest BCUT2D eigenvalue weighted by Gasteiger charge is 2.34. The van der Waals surface area contributed by atoms with Gasteiger partial charge in [0.05, 0.1) is 10.9 Å². The molecule has 0 aliphatic heterocycles. The minimum Gasteiger partial charge on any atom is -0.543 e. The van der Waals surface area contributed by atoms with Crippen LogP contribution >= 0.6 is 0 Å². The topological polar surface area (TPSA) is 101 Å². The molecule has 0 amide bonds. The van der Waals surface area contributed by atoms with Crippen molar-refractivity contribution in [2.24, 2.45) is 7.05 Å². The molecule has 7 heteroatoms. The lowest BCUT2D eigenvalue weighted by atomic mass is 9.91. The first-order valence-corrected chi connectivity index (χ1v) is 4.59. The number of aromatic carboxylic acids is 1. The summed E-state index contributed by atoms with van der Waals surface area (Å²) in [6.07, 6.45) is 0. The maximum Gasteiger partial charge on any atom is 0.319 e. The molecule has 0 saturated heterocycles. The van der Waals surface area contributed by atoms with Crippen molar-refractivity contribution in [3.63, 3.8) is 0 Å². The van der Waals surface area contributed by atoms with Crippen molar-refractivity contribution in [1.29, 1.82) is 0 Å². The SMILES string of the molecule is Cn1nc(C(C)(C)C)c([N+](=O)[O-])c1C(=O)[O-]. The second-order valence-electron chi connectivity index (χ2n) is 4.46. The molecule has 0 saturated carbocycles. The van der Waals surface area contributed by atoms with E-state index in [1.807, 2.05) is 0 Å². The molecular weight excluding hydrogens is 214 g/mol. The van der Waals surface area contributed by atoms with E-state index in [-0.39, 0.29) is 5.69 Å². The van der Waals surface area contributed by atoms with E-state index in [0.717, 1.165) is 4.68 Å². The van der Waals surface area contributed by atoms with E-state index in [2.05, 4.69) is 5.10 Å². The molecule has 7 nitrogen and oxygen atoms in total. The Bertz CT molecular complexity index is 456. The highest BCUT2D eigenvalue weighted by molar-refractivity contribution is 5.89. The number of aryl methyl sites for hydroxylation is 1. The second-order valence-corrected chi connectivity index (χ2v) is 4.46. The Hall–Kier alpha value is -1.92. The normalized spacial score (nSPS) is 11.5. The second kappa shape index (κ2) is 3.58. The van der Waals surface area contributed by atoms with Crippen molar-refractivity contribution < 1.29 is 14.8 Å². The Labute approximate surface area is 91.8 Å². The van der Waals surface area contributed by atoms with Gasteiger partial charge in [-0.15, -0.1) is 0 Å². The van der Waals surface area contributed by atoms with Gasteiger partial charge in [-0.05, 0) is 0 Å². The Balaban J connectivity index is 3.60. The van der Waals surface area contributed by atoms with Crippen LogP contribution in [0.2, 0.25) is 0 Å². The number of carbonyl (C=O) groups is 1. The summed E-state index contributed by atoms with van der Waals surface area (Å²) < 4.78 is 0.966. The molecule has 16 heavy (non-hydrogen) atoms. The fraction of sp³-hybridized carbons (Fsp3) is 0.556. The highest BCUT2D eigenvalue weighted by atomic mass is 16.6. The molecule has 0 aromatic carbocycles. The summed E-state index contributed by atoms with van der Waals surface area (Å²) >= 11 is 0. The molecule has 1 rings (SSSR count). The minimum absolute atomic E-state index is 0.138. The van der Waals surface area contributed by atoms with Crippen LogP contribution in [0.5, 0.6) is 0 Å². The van der Waals surface area contributed by atoms with Crippen LogP contribution in [0.3, 0.4) is 0 Å². The number of carbonyl (C=O) groups excluding carboxylic acids is 1. The Kier molecular flexibility index (Phi) is 2.72. The molecule has 0 bridgehead atoms. The van der Waals surface area contributed by atoms with Crippen LogP contribution in [0, 0.1) is 10.1 Å². The molecule has 0 N–H and O–H groups in total. The van der Waals surface area contributed by atoms with Gasteiger partial charge < -0.3 is 9.90 Å². The summed E-state index contributed by atoms with van der Waals surface area (Å²) in [6.45, 7) is 5.17. The number of aromatic nitrogens is 2. The van der Waals surface area contributed by atoms with Crippen LogP contribution in [0.15, 0.2) is 0 Å². The Morgan fingerprint density at radius 1 is 1.44 bits per heavy atom. The van der Waals surface area contributed by atoms with E-state index in [1.54, 1.807) is 20.8 Å². The zero-order valence-corrected chi connectivity index (χ0v) is 9.47. The van der Waals surface area contributed by atoms with Gasteiger partial charge in [-0.3, -0.25) is 14.8 Å². The number of nitro groups is 1. The molecule has 0 unspecified atom stereocenters. The first-order chi connectivity index (χ1) is 7.16. The molecule has 1 aromatic rings. The third kappa shape index (κ3) is 1.88. The van der Waals surface area contributed by atoms with E-state index in [9.17, 15) is 20.0 Å². The van der Waals surface area contributed by atoms with Crippen molar-refractivity contribution in [1.82, 2.24) is 9.78 Å². The zero-order valence-electron chi connectivity index (χ0n) is 9.47. The fourth-order valence-corrected chi connectivity index (χ4v) is 1.42. The van der Waals surface area contributed by atoms with Gasteiger partial charge in [-0.25, -0.2) is 0 Å². The Morgan fingerprint density at radius 3 is 2.25 bits per heavy atom. The lowest BCUT2D eigenvalue weighted by molar-refractivity contribution is -0.387. The third-order valence-electron chi connectivity index (χ3n) is 2.11. The van der Waals surface area contributed by atoms with Crippen molar-refractivity contribution in [2.45, 2.75) is 26.2 Å². The molecule has 0 atom stereocenters. The largest absolute Gasteiger partial charge is 0.543 e. The van der Waals surface area contributed by atoms with Crippen LogP contribution < -0.4 is 5.11 Å². The first kappa shape index (κ1) is 12.2. The van der Waals surface area contributed by atoms with Gasteiger partial charge in [-0.1, -0.05) is 20.8 Å². The minimum atomic E-state index is -1.60. The summed E-state index contributed by atoms with van der Waals surface area (Å²) in [5.41, 5.74) is -1.46. The number of nitrogens with zero attached hydrogens (tertiary/aromatic N) is 3. The Morgan fingerprint density at radius 2 is 1.94 bits per heavy atom. The van der Waals surface area contributed by atoms with Crippen LogP contribution in [0.4, 0.5) is 5.69 Å². The van der Waals surface area contributed by atoms with E-state index in [0.29, 0.717) is 0 Å². The van der Waals surface area contributed by atoms with E-state index in [4.69, 9.17) is 0 Å². The predicted molar refractivity (Wildman–Crippen MR) is 52.9 cm³/mol. The van der Waals surface area contributed by atoms with Gasteiger partial charge in [0.1, 0.15) is 5.69 Å². The average molecular weight is 226 g/mol. The summed E-state index contributed by atoms with van der Waals surface area (Å²) in [6, 6.07) is 0. The molecule has 1 heterocycles.